The van der Waals surface area contributed by atoms with Crippen molar-refractivity contribution < 1.29 is 14.5 Å². The first-order valence-electron chi connectivity index (χ1n) is 7.16. The van der Waals surface area contributed by atoms with Crippen molar-refractivity contribution in [2.45, 2.75) is 32.8 Å². The van der Waals surface area contributed by atoms with Crippen LogP contribution >= 0.6 is 0 Å². The number of nitrogens with one attached hydrogen (secondary N) is 2. The van der Waals surface area contributed by atoms with Gasteiger partial charge in [0.25, 0.3) is 5.91 Å². The van der Waals surface area contributed by atoms with Crippen LogP contribution in [0.25, 0.3) is 0 Å². The number of carbonyl (C=O) groups excluding carboxylic acids is 1. The van der Waals surface area contributed by atoms with Gasteiger partial charge in [-0.25, -0.2) is 0 Å². The zero-order chi connectivity index (χ0) is 15.9. The maximum atomic E-state index is 12.2. The molecule has 6 nitrogen and oxygen atoms in total. The zero-order valence-electron chi connectivity index (χ0n) is 12.8. The van der Waals surface area contributed by atoms with Crippen LogP contribution in [0.4, 0.5) is 5.69 Å². The van der Waals surface area contributed by atoms with E-state index in [0.29, 0.717) is 23.3 Å². The van der Waals surface area contributed by atoms with E-state index < -0.39 is 12.7 Å². The predicted octanol–water partition coefficient (Wildman–Crippen LogP) is 1.01. The lowest BCUT2D eigenvalue weighted by Gasteiger charge is -2.33. The number of nitrogens with zero attached hydrogens (tertiary/aromatic N) is 1. The van der Waals surface area contributed by atoms with Gasteiger partial charge in [0.1, 0.15) is 5.69 Å². The number of rotatable bonds is 2. The summed E-state index contributed by atoms with van der Waals surface area (Å²) in [4.78, 5) is 12.2. The molecule has 1 aliphatic rings. The first-order chi connectivity index (χ1) is 10.4. The molecular weight excluding hydrogens is 281 g/mol. The van der Waals surface area contributed by atoms with Crippen molar-refractivity contribution >= 4 is 24.2 Å². The normalized spacial score (nSPS) is 16.3. The van der Waals surface area contributed by atoms with Crippen molar-refractivity contribution in [1.29, 1.82) is 0 Å². The average molecular weight is 299 g/mol. The Morgan fingerprint density at radius 3 is 2.95 bits per heavy atom. The molecular formula is C15H18BN3O3. The van der Waals surface area contributed by atoms with Crippen LogP contribution in [0.15, 0.2) is 24.4 Å². The second-order valence-electron chi connectivity index (χ2n) is 6.20. The van der Waals surface area contributed by atoms with Crippen LogP contribution in [0.1, 0.15) is 35.5 Å². The highest BCUT2D eigenvalue weighted by atomic mass is 16.5. The molecule has 1 aromatic carbocycles. The molecule has 0 saturated carbocycles. The van der Waals surface area contributed by atoms with E-state index >= 15 is 0 Å². The Labute approximate surface area is 129 Å². The van der Waals surface area contributed by atoms with Crippen molar-refractivity contribution in [3.63, 3.8) is 0 Å². The number of aromatic amines is 1. The monoisotopic (exact) mass is 299 g/mol. The summed E-state index contributed by atoms with van der Waals surface area (Å²) >= 11 is 0. The quantitative estimate of drug-likeness (QED) is 0.722. The molecule has 0 unspecified atom stereocenters. The molecule has 1 aromatic heterocycles. The number of H-pyrrole nitrogens is 1. The van der Waals surface area contributed by atoms with Gasteiger partial charge < -0.3 is 15.0 Å². The predicted molar refractivity (Wildman–Crippen MR) is 84.2 cm³/mol. The fourth-order valence-electron chi connectivity index (χ4n) is 2.70. The van der Waals surface area contributed by atoms with Crippen LogP contribution in [0, 0.1) is 6.92 Å². The van der Waals surface area contributed by atoms with Gasteiger partial charge in [-0.2, -0.15) is 5.10 Å². The Balaban J connectivity index is 1.84. The van der Waals surface area contributed by atoms with Gasteiger partial charge in [0.15, 0.2) is 0 Å². The summed E-state index contributed by atoms with van der Waals surface area (Å²) in [5, 5.41) is 19.4. The molecule has 114 valence electrons. The fourth-order valence-corrected chi connectivity index (χ4v) is 2.70. The molecule has 2 aromatic rings. The van der Waals surface area contributed by atoms with Crippen molar-refractivity contribution in [2.24, 2.45) is 0 Å². The number of aromatic nitrogens is 2. The molecule has 1 amide bonds. The van der Waals surface area contributed by atoms with Gasteiger partial charge in [0, 0.05) is 5.69 Å². The third-order valence-corrected chi connectivity index (χ3v) is 3.77. The molecule has 0 atom stereocenters. The highest BCUT2D eigenvalue weighted by molar-refractivity contribution is 6.61. The van der Waals surface area contributed by atoms with E-state index in [1.807, 2.05) is 32.9 Å². The van der Waals surface area contributed by atoms with Crippen LogP contribution in [0.3, 0.4) is 0 Å². The number of anilines is 1. The van der Waals surface area contributed by atoms with Gasteiger partial charge in [-0.05, 0) is 55.9 Å². The van der Waals surface area contributed by atoms with Gasteiger partial charge in [-0.15, -0.1) is 0 Å². The third-order valence-electron chi connectivity index (χ3n) is 3.77. The molecule has 22 heavy (non-hydrogen) atoms. The highest BCUT2D eigenvalue weighted by Gasteiger charge is 2.35. The molecule has 0 bridgehead atoms. The Hall–Kier alpha value is -2.12. The molecule has 0 fully saturated rings. The van der Waals surface area contributed by atoms with E-state index in [1.54, 1.807) is 12.3 Å². The number of benzene rings is 1. The summed E-state index contributed by atoms with van der Waals surface area (Å²) in [5.41, 5.74) is 3.14. The van der Waals surface area contributed by atoms with Crippen LogP contribution in [-0.2, 0) is 11.1 Å². The summed E-state index contributed by atoms with van der Waals surface area (Å²) in [6.45, 7) is 5.69. The molecule has 0 aliphatic carbocycles. The van der Waals surface area contributed by atoms with E-state index in [4.69, 9.17) is 4.65 Å². The molecule has 1 aliphatic heterocycles. The van der Waals surface area contributed by atoms with Gasteiger partial charge >= 0.3 is 7.12 Å². The average Bonchev–Trinajstić information content (AvgIpc) is 2.85. The highest BCUT2D eigenvalue weighted by Crippen LogP contribution is 2.23. The van der Waals surface area contributed by atoms with Crippen molar-refractivity contribution in [2.75, 3.05) is 5.32 Å². The summed E-state index contributed by atoms with van der Waals surface area (Å²) in [6.07, 6.45) is 2.31. The second kappa shape index (κ2) is 5.26. The van der Waals surface area contributed by atoms with Crippen LogP contribution in [0.2, 0.25) is 0 Å². The van der Waals surface area contributed by atoms with E-state index in [2.05, 4.69) is 15.5 Å². The summed E-state index contributed by atoms with van der Waals surface area (Å²) in [7, 11) is -0.982. The molecule has 7 heteroatoms. The third kappa shape index (κ3) is 2.77. The minimum absolute atomic E-state index is 0.263. The summed E-state index contributed by atoms with van der Waals surface area (Å²) in [6, 6.07) is 5.49. The number of fused-ring (bicyclic) bond motifs is 1. The largest absolute Gasteiger partial charge is 0.491 e. The first kappa shape index (κ1) is 14.8. The number of carbonyl (C=O) groups is 1. The lowest BCUT2D eigenvalue weighted by atomic mass is 9.70. The number of hydrogen-bond donors (Lipinski definition) is 3. The molecule has 2 heterocycles. The maximum Gasteiger partial charge on any atom is 0.491 e. The fraction of sp³-hybridized carbons (Fsp3) is 0.333. The molecule has 3 N–H and O–H groups in total. The molecule has 0 spiro atoms. The SMILES string of the molecule is Cc1cn[nH]c1C(=O)Nc1ccc2c(c1)B(O)OC(C)(C)C2. The molecule has 3 rings (SSSR count). The molecule has 0 radical (unpaired) electrons. The number of hydrogen-bond acceptors (Lipinski definition) is 4. The van der Waals surface area contributed by atoms with E-state index in [-0.39, 0.29) is 5.91 Å². The van der Waals surface area contributed by atoms with Crippen LogP contribution in [0.5, 0.6) is 0 Å². The zero-order valence-corrected chi connectivity index (χ0v) is 12.8. The lowest BCUT2D eigenvalue weighted by molar-refractivity contribution is 0.0820. The van der Waals surface area contributed by atoms with Crippen LogP contribution in [-0.4, -0.2) is 33.8 Å². The Bertz CT molecular complexity index is 727. The minimum atomic E-state index is -0.982. The first-order valence-corrected chi connectivity index (χ1v) is 7.16. The summed E-state index contributed by atoms with van der Waals surface area (Å²) in [5.74, 6) is -0.263. The number of aryl methyl sites for hydroxylation is 1. The van der Waals surface area contributed by atoms with E-state index in [1.165, 1.54) is 0 Å². The maximum absolute atomic E-state index is 12.2. The van der Waals surface area contributed by atoms with Crippen molar-refractivity contribution in [3.05, 3.63) is 41.2 Å². The Morgan fingerprint density at radius 1 is 1.50 bits per heavy atom. The van der Waals surface area contributed by atoms with Gasteiger partial charge in [-0.3, -0.25) is 9.89 Å². The van der Waals surface area contributed by atoms with Crippen LogP contribution < -0.4 is 10.8 Å². The Morgan fingerprint density at radius 2 is 2.27 bits per heavy atom. The molecule has 0 saturated heterocycles. The lowest BCUT2D eigenvalue weighted by Crippen LogP contribution is -2.50. The van der Waals surface area contributed by atoms with Gasteiger partial charge in [0.2, 0.25) is 0 Å². The summed E-state index contributed by atoms with van der Waals surface area (Å²) < 4.78 is 5.58. The van der Waals surface area contributed by atoms with Crippen molar-refractivity contribution in [3.8, 4) is 0 Å². The minimum Gasteiger partial charge on any atom is -0.423 e. The van der Waals surface area contributed by atoms with E-state index in [0.717, 1.165) is 11.1 Å². The smallest absolute Gasteiger partial charge is 0.423 e. The van der Waals surface area contributed by atoms with E-state index in [9.17, 15) is 9.82 Å². The van der Waals surface area contributed by atoms with Gasteiger partial charge in [-0.1, -0.05) is 6.07 Å². The van der Waals surface area contributed by atoms with Crippen molar-refractivity contribution in [1.82, 2.24) is 10.2 Å². The topological polar surface area (TPSA) is 87.2 Å². The Kier molecular flexibility index (Phi) is 3.54. The number of amides is 1. The second-order valence-corrected chi connectivity index (χ2v) is 6.20. The standard InChI is InChI=1S/C15H18BN3O3/c1-9-8-17-19-13(9)14(20)18-11-5-4-10-7-15(2,3)22-16(21)12(10)6-11/h4-6,8,21H,7H2,1-3H3,(H,17,19)(H,18,20). The van der Waals surface area contributed by atoms with Gasteiger partial charge in [0.05, 0.1) is 11.8 Å².